The topological polar surface area (TPSA) is 72.6 Å². The van der Waals surface area contributed by atoms with Crippen LogP contribution in [0.3, 0.4) is 0 Å². The lowest BCUT2D eigenvalue weighted by atomic mass is 9.76. The number of aliphatic carboxylic acids is 1. The van der Waals surface area contributed by atoms with E-state index in [1.165, 1.54) is 5.56 Å². The van der Waals surface area contributed by atoms with E-state index in [1.54, 1.807) is 0 Å². The van der Waals surface area contributed by atoms with Crippen LogP contribution in [0.1, 0.15) is 24.2 Å². The summed E-state index contributed by atoms with van der Waals surface area (Å²) in [7, 11) is 0. The van der Waals surface area contributed by atoms with Gasteiger partial charge in [0.25, 0.3) is 0 Å². The molecule has 0 spiro atoms. The molecule has 1 aromatic carbocycles. The molecule has 1 N–H and O–H groups in total. The summed E-state index contributed by atoms with van der Waals surface area (Å²) in [5.41, 5.74) is 2.08. The Bertz CT molecular complexity index is 654. The van der Waals surface area contributed by atoms with Crippen LogP contribution < -0.4 is 0 Å². The third-order valence-corrected chi connectivity index (χ3v) is 4.32. The molecular formula is C17H19NO4. The number of nitrogens with zero attached hydrogens (tertiary/aromatic N) is 1. The predicted molar refractivity (Wildman–Crippen MR) is 80.5 cm³/mol. The minimum Gasteiger partial charge on any atom is -0.481 e. The molecule has 3 rings (SSSR count). The lowest BCUT2D eigenvalue weighted by Crippen LogP contribution is -2.39. The van der Waals surface area contributed by atoms with Crippen LogP contribution in [-0.2, 0) is 16.0 Å². The second kappa shape index (κ2) is 5.93. The molecule has 0 saturated carbocycles. The SMILES string of the molecule is Cc1ccc(-c2cc(CC3(C(=O)O)CCOCC3)on2)cc1. The van der Waals surface area contributed by atoms with E-state index < -0.39 is 11.4 Å². The highest BCUT2D eigenvalue weighted by Crippen LogP contribution is 2.35. The van der Waals surface area contributed by atoms with Crippen LogP contribution in [0.4, 0.5) is 0 Å². The first kappa shape index (κ1) is 14.8. The number of aromatic nitrogens is 1. The van der Waals surface area contributed by atoms with Crippen molar-refractivity contribution < 1.29 is 19.2 Å². The van der Waals surface area contributed by atoms with Gasteiger partial charge in [-0.1, -0.05) is 35.0 Å². The summed E-state index contributed by atoms with van der Waals surface area (Å²) in [6.45, 7) is 2.98. The van der Waals surface area contributed by atoms with E-state index in [9.17, 15) is 9.90 Å². The number of carbonyl (C=O) groups is 1. The Morgan fingerprint density at radius 3 is 2.59 bits per heavy atom. The lowest BCUT2D eigenvalue weighted by molar-refractivity contribution is -0.155. The van der Waals surface area contributed by atoms with Gasteiger partial charge in [0.15, 0.2) is 0 Å². The second-order valence-corrected chi connectivity index (χ2v) is 5.92. The van der Waals surface area contributed by atoms with Crippen LogP contribution in [-0.4, -0.2) is 29.4 Å². The monoisotopic (exact) mass is 301 g/mol. The Labute approximate surface area is 128 Å². The first-order chi connectivity index (χ1) is 10.6. The maximum Gasteiger partial charge on any atom is 0.310 e. The number of aryl methyl sites for hydroxylation is 1. The fraction of sp³-hybridized carbons (Fsp3) is 0.412. The molecule has 0 unspecified atom stereocenters. The maximum atomic E-state index is 11.7. The van der Waals surface area contributed by atoms with Gasteiger partial charge in [-0.05, 0) is 19.8 Å². The number of carboxylic acid groups (broad SMARTS) is 1. The number of rotatable bonds is 4. The summed E-state index contributed by atoms with van der Waals surface area (Å²) in [6.07, 6.45) is 1.36. The Kier molecular flexibility index (Phi) is 3.98. The van der Waals surface area contributed by atoms with Crippen molar-refractivity contribution in [2.24, 2.45) is 5.41 Å². The molecule has 116 valence electrons. The molecule has 22 heavy (non-hydrogen) atoms. The van der Waals surface area contributed by atoms with Crippen LogP contribution in [0.5, 0.6) is 0 Å². The van der Waals surface area contributed by atoms with Crippen LogP contribution in [0.2, 0.25) is 0 Å². The molecule has 2 heterocycles. The van der Waals surface area contributed by atoms with Gasteiger partial charge in [0.1, 0.15) is 11.5 Å². The smallest absolute Gasteiger partial charge is 0.310 e. The molecule has 1 aliphatic rings. The minimum atomic E-state index is -0.803. The molecule has 1 saturated heterocycles. The summed E-state index contributed by atoms with van der Waals surface area (Å²) in [5, 5.41) is 13.7. The van der Waals surface area contributed by atoms with E-state index in [4.69, 9.17) is 9.26 Å². The van der Waals surface area contributed by atoms with Crippen molar-refractivity contribution in [3.8, 4) is 11.3 Å². The molecule has 0 bridgehead atoms. The predicted octanol–water partition coefficient (Wildman–Crippen LogP) is 3.07. The first-order valence-electron chi connectivity index (χ1n) is 7.43. The van der Waals surface area contributed by atoms with Crippen LogP contribution in [0.15, 0.2) is 34.9 Å². The van der Waals surface area contributed by atoms with E-state index >= 15 is 0 Å². The molecule has 1 fully saturated rings. The average molecular weight is 301 g/mol. The summed E-state index contributed by atoms with van der Waals surface area (Å²) >= 11 is 0. The van der Waals surface area contributed by atoms with Crippen LogP contribution in [0, 0.1) is 12.3 Å². The van der Waals surface area contributed by atoms with Gasteiger partial charge in [0.2, 0.25) is 0 Å². The molecule has 5 nitrogen and oxygen atoms in total. The second-order valence-electron chi connectivity index (χ2n) is 5.92. The molecule has 1 aliphatic heterocycles. The fourth-order valence-corrected chi connectivity index (χ4v) is 2.82. The minimum absolute atomic E-state index is 0.352. The van der Waals surface area contributed by atoms with Gasteiger partial charge in [0.05, 0.1) is 5.41 Å². The van der Waals surface area contributed by atoms with E-state index in [0.29, 0.717) is 38.2 Å². The molecule has 2 aromatic rings. The molecule has 0 amide bonds. The lowest BCUT2D eigenvalue weighted by Gasteiger charge is -2.32. The van der Waals surface area contributed by atoms with Crippen molar-refractivity contribution in [3.63, 3.8) is 0 Å². The standard InChI is InChI=1S/C17H19NO4/c1-12-2-4-13(5-3-12)15-10-14(22-18-15)11-17(16(19)20)6-8-21-9-7-17/h2-5,10H,6-9,11H2,1H3,(H,19,20). The Morgan fingerprint density at radius 2 is 1.95 bits per heavy atom. The average Bonchev–Trinajstić information content (AvgIpc) is 2.97. The molecule has 5 heteroatoms. The van der Waals surface area contributed by atoms with Gasteiger partial charge in [-0.2, -0.15) is 0 Å². The van der Waals surface area contributed by atoms with Gasteiger partial charge in [-0.15, -0.1) is 0 Å². The zero-order valence-electron chi connectivity index (χ0n) is 12.5. The van der Waals surface area contributed by atoms with Gasteiger partial charge in [0, 0.05) is 31.3 Å². The number of hydrogen-bond donors (Lipinski definition) is 1. The highest BCUT2D eigenvalue weighted by Gasteiger charge is 2.41. The Balaban J connectivity index is 1.81. The zero-order valence-corrected chi connectivity index (χ0v) is 12.5. The van der Waals surface area contributed by atoms with E-state index in [2.05, 4.69) is 5.16 Å². The third-order valence-electron chi connectivity index (χ3n) is 4.32. The summed E-state index contributed by atoms with van der Waals surface area (Å²) in [4.78, 5) is 11.7. The van der Waals surface area contributed by atoms with E-state index in [1.807, 2.05) is 37.3 Å². The number of carboxylic acids is 1. The summed E-state index contributed by atoms with van der Waals surface area (Å²) in [6, 6.07) is 9.84. The van der Waals surface area contributed by atoms with Crippen molar-refractivity contribution in [2.75, 3.05) is 13.2 Å². The highest BCUT2D eigenvalue weighted by atomic mass is 16.5. The summed E-state index contributed by atoms with van der Waals surface area (Å²) < 4.78 is 10.7. The quantitative estimate of drug-likeness (QED) is 0.939. The maximum absolute atomic E-state index is 11.7. The fourth-order valence-electron chi connectivity index (χ4n) is 2.82. The largest absolute Gasteiger partial charge is 0.481 e. The van der Waals surface area contributed by atoms with Gasteiger partial charge >= 0.3 is 5.97 Å². The van der Waals surface area contributed by atoms with E-state index in [0.717, 1.165) is 11.3 Å². The van der Waals surface area contributed by atoms with Gasteiger partial charge in [-0.3, -0.25) is 4.79 Å². The molecular weight excluding hydrogens is 282 g/mol. The van der Waals surface area contributed by atoms with Crippen LogP contribution >= 0.6 is 0 Å². The highest BCUT2D eigenvalue weighted by molar-refractivity contribution is 5.75. The number of hydrogen-bond acceptors (Lipinski definition) is 4. The van der Waals surface area contributed by atoms with Crippen molar-refractivity contribution in [3.05, 3.63) is 41.7 Å². The number of benzene rings is 1. The van der Waals surface area contributed by atoms with Crippen molar-refractivity contribution in [1.82, 2.24) is 5.16 Å². The zero-order chi connectivity index (χ0) is 15.6. The Morgan fingerprint density at radius 1 is 1.27 bits per heavy atom. The number of ether oxygens (including phenoxy) is 1. The van der Waals surface area contributed by atoms with E-state index in [-0.39, 0.29) is 0 Å². The molecule has 0 aliphatic carbocycles. The Hall–Kier alpha value is -2.14. The summed E-state index contributed by atoms with van der Waals surface area (Å²) in [5.74, 6) is -0.177. The van der Waals surface area contributed by atoms with Gasteiger partial charge < -0.3 is 14.4 Å². The van der Waals surface area contributed by atoms with Crippen molar-refractivity contribution in [2.45, 2.75) is 26.2 Å². The van der Waals surface area contributed by atoms with Crippen molar-refractivity contribution >= 4 is 5.97 Å². The normalized spacial score (nSPS) is 17.3. The molecule has 0 atom stereocenters. The third kappa shape index (κ3) is 2.90. The van der Waals surface area contributed by atoms with Gasteiger partial charge in [-0.25, -0.2) is 0 Å². The molecule has 1 aromatic heterocycles. The molecule has 0 radical (unpaired) electrons. The van der Waals surface area contributed by atoms with Crippen LogP contribution in [0.25, 0.3) is 11.3 Å². The van der Waals surface area contributed by atoms with Crippen molar-refractivity contribution in [1.29, 1.82) is 0 Å². The first-order valence-corrected chi connectivity index (χ1v) is 7.43.